The van der Waals surface area contributed by atoms with Crippen LogP contribution in [0.3, 0.4) is 0 Å². The SMILES string of the molecule is NCCCC[C@@H](NC(CCCN)[C@H](N)C(=O)O)C(=O)O. The van der Waals surface area contributed by atoms with Gasteiger partial charge in [0.2, 0.25) is 0 Å². The van der Waals surface area contributed by atoms with Crippen LogP contribution in [0.1, 0.15) is 32.1 Å². The minimum Gasteiger partial charge on any atom is -0.480 e. The Morgan fingerprint density at radius 3 is 2.00 bits per heavy atom. The number of carboxylic acids is 2. The third-order valence-corrected chi connectivity index (χ3v) is 3.10. The fourth-order valence-corrected chi connectivity index (χ4v) is 1.91. The molecule has 8 nitrogen and oxygen atoms in total. The summed E-state index contributed by atoms with van der Waals surface area (Å²) >= 11 is 0. The first kappa shape index (κ1) is 18.8. The molecule has 20 heavy (non-hydrogen) atoms. The lowest BCUT2D eigenvalue weighted by atomic mass is 10.0. The summed E-state index contributed by atoms with van der Waals surface area (Å²) in [6, 6.07) is -2.59. The Bertz CT molecular complexity index is 301. The van der Waals surface area contributed by atoms with Crippen molar-refractivity contribution in [3.05, 3.63) is 0 Å². The zero-order valence-electron chi connectivity index (χ0n) is 11.6. The highest BCUT2D eigenvalue weighted by atomic mass is 16.4. The average Bonchev–Trinajstić information content (AvgIpc) is 2.40. The van der Waals surface area contributed by atoms with Crippen LogP contribution in [0.15, 0.2) is 0 Å². The zero-order valence-corrected chi connectivity index (χ0v) is 11.6. The van der Waals surface area contributed by atoms with Gasteiger partial charge in [0.25, 0.3) is 0 Å². The van der Waals surface area contributed by atoms with Gasteiger partial charge in [-0.2, -0.15) is 0 Å². The molecule has 1 unspecified atom stereocenters. The molecule has 0 fully saturated rings. The van der Waals surface area contributed by atoms with Crippen molar-refractivity contribution in [2.75, 3.05) is 13.1 Å². The van der Waals surface area contributed by atoms with Gasteiger partial charge in [-0.3, -0.25) is 14.9 Å². The van der Waals surface area contributed by atoms with E-state index in [0.717, 1.165) is 6.42 Å². The van der Waals surface area contributed by atoms with E-state index >= 15 is 0 Å². The Morgan fingerprint density at radius 1 is 0.950 bits per heavy atom. The molecule has 0 aromatic heterocycles. The van der Waals surface area contributed by atoms with Gasteiger partial charge in [-0.25, -0.2) is 0 Å². The van der Waals surface area contributed by atoms with Gasteiger partial charge in [-0.15, -0.1) is 0 Å². The van der Waals surface area contributed by atoms with Crippen molar-refractivity contribution < 1.29 is 19.8 Å². The van der Waals surface area contributed by atoms with Crippen molar-refractivity contribution in [1.82, 2.24) is 5.32 Å². The Balaban J connectivity index is 4.61. The molecule has 0 saturated carbocycles. The van der Waals surface area contributed by atoms with E-state index in [9.17, 15) is 9.59 Å². The molecule has 0 rings (SSSR count). The van der Waals surface area contributed by atoms with E-state index in [1.807, 2.05) is 0 Å². The summed E-state index contributed by atoms with van der Waals surface area (Å²) in [6.45, 7) is 0.896. The smallest absolute Gasteiger partial charge is 0.322 e. The summed E-state index contributed by atoms with van der Waals surface area (Å²) in [4.78, 5) is 22.1. The highest BCUT2D eigenvalue weighted by molar-refractivity contribution is 5.75. The first-order chi connectivity index (χ1) is 9.43. The molecule has 0 spiro atoms. The van der Waals surface area contributed by atoms with Gasteiger partial charge in [0, 0.05) is 6.04 Å². The second kappa shape index (κ2) is 10.6. The number of carbonyl (C=O) groups is 2. The Hall–Kier alpha value is -1.22. The number of nitrogens with one attached hydrogen (secondary N) is 1. The van der Waals surface area contributed by atoms with Crippen LogP contribution in [0.2, 0.25) is 0 Å². The molecular weight excluding hydrogens is 264 g/mol. The number of hydrogen-bond acceptors (Lipinski definition) is 6. The van der Waals surface area contributed by atoms with Gasteiger partial charge in [-0.1, -0.05) is 6.42 Å². The predicted molar refractivity (Wildman–Crippen MR) is 75.2 cm³/mol. The topological polar surface area (TPSA) is 165 Å². The van der Waals surface area contributed by atoms with E-state index < -0.39 is 30.1 Å². The van der Waals surface area contributed by atoms with E-state index in [4.69, 9.17) is 27.4 Å². The van der Waals surface area contributed by atoms with Crippen LogP contribution in [0, 0.1) is 0 Å². The van der Waals surface area contributed by atoms with Gasteiger partial charge in [0.1, 0.15) is 12.1 Å². The summed E-state index contributed by atoms with van der Waals surface area (Å²) < 4.78 is 0. The van der Waals surface area contributed by atoms with Crippen LogP contribution in [0.4, 0.5) is 0 Å². The van der Waals surface area contributed by atoms with Gasteiger partial charge in [0.05, 0.1) is 0 Å². The largest absolute Gasteiger partial charge is 0.480 e. The van der Waals surface area contributed by atoms with Crippen LogP contribution >= 0.6 is 0 Å². The molecule has 0 aliphatic heterocycles. The van der Waals surface area contributed by atoms with Gasteiger partial charge < -0.3 is 27.4 Å². The number of rotatable bonds is 12. The van der Waals surface area contributed by atoms with Crippen molar-refractivity contribution in [3.8, 4) is 0 Å². The third-order valence-electron chi connectivity index (χ3n) is 3.10. The van der Waals surface area contributed by atoms with Crippen LogP contribution in [-0.2, 0) is 9.59 Å². The number of unbranched alkanes of at least 4 members (excludes halogenated alkanes) is 1. The van der Waals surface area contributed by atoms with E-state index in [1.165, 1.54) is 0 Å². The van der Waals surface area contributed by atoms with E-state index in [0.29, 0.717) is 38.8 Å². The molecule has 9 N–H and O–H groups in total. The predicted octanol–water partition coefficient (Wildman–Crippen LogP) is -1.32. The fraction of sp³-hybridized carbons (Fsp3) is 0.833. The lowest BCUT2D eigenvalue weighted by Gasteiger charge is -2.26. The lowest BCUT2D eigenvalue weighted by Crippen LogP contribution is -2.54. The van der Waals surface area contributed by atoms with Crippen LogP contribution in [0.25, 0.3) is 0 Å². The molecule has 3 atom stereocenters. The first-order valence-electron chi connectivity index (χ1n) is 6.81. The molecule has 0 amide bonds. The first-order valence-corrected chi connectivity index (χ1v) is 6.81. The molecule has 0 aromatic carbocycles. The molecule has 0 heterocycles. The molecule has 0 aliphatic rings. The van der Waals surface area contributed by atoms with Gasteiger partial charge in [-0.05, 0) is 38.8 Å². The maximum absolute atomic E-state index is 11.2. The third kappa shape index (κ3) is 7.39. The second-order valence-electron chi connectivity index (χ2n) is 4.74. The molecule has 0 bridgehead atoms. The normalized spacial score (nSPS) is 15.6. The van der Waals surface area contributed by atoms with Crippen molar-refractivity contribution in [2.24, 2.45) is 17.2 Å². The highest BCUT2D eigenvalue weighted by Crippen LogP contribution is 2.07. The number of aliphatic carboxylic acids is 2. The molecule has 0 saturated heterocycles. The minimum absolute atomic E-state index is 0.387. The molecule has 0 aliphatic carbocycles. The Labute approximate surface area is 118 Å². The van der Waals surface area contributed by atoms with Crippen molar-refractivity contribution in [1.29, 1.82) is 0 Å². The molecule has 118 valence electrons. The van der Waals surface area contributed by atoms with Crippen LogP contribution in [-0.4, -0.2) is 53.4 Å². The summed E-state index contributed by atoms with van der Waals surface area (Å²) in [7, 11) is 0. The Kier molecular flexibility index (Phi) is 9.91. The van der Waals surface area contributed by atoms with E-state index in [2.05, 4.69) is 5.32 Å². The number of carboxylic acid groups (broad SMARTS) is 2. The maximum atomic E-state index is 11.2. The number of hydrogen-bond donors (Lipinski definition) is 6. The van der Waals surface area contributed by atoms with Crippen molar-refractivity contribution >= 4 is 11.9 Å². The minimum atomic E-state index is -1.16. The monoisotopic (exact) mass is 290 g/mol. The van der Waals surface area contributed by atoms with E-state index in [1.54, 1.807) is 0 Å². The highest BCUT2D eigenvalue weighted by Gasteiger charge is 2.28. The summed E-state index contributed by atoms with van der Waals surface area (Å²) in [5.41, 5.74) is 16.4. The van der Waals surface area contributed by atoms with Crippen LogP contribution < -0.4 is 22.5 Å². The summed E-state index contributed by atoms with van der Waals surface area (Å²) in [5, 5.41) is 20.9. The standard InChI is InChI=1S/C12H26N4O4/c13-6-2-1-4-9(11(17)18)16-8(5-3-7-14)10(15)12(19)20/h8-10,16H,1-7,13-15H2,(H,17,18)(H,19,20)/t8?,9-,10+/m1/s1. The molecule has 8 heteroatoms. The Morgan fingerprint density at radius 2 is 1.55 bits per heavy atom. The van der Waals surface area contributed by atoms with Crippen LogP contribution in [0.5, 0.6) is 0 Å². The van der Waals surface area contributed by atoms with E-state index in [-0.39, 0.29) is 0 Å². The zero-order chi connectivity index (χ0) is 15.5. The van der Waals surface area contributed by atoms with Gasteiger partial charge in [0.15, 0.2) is 0 Å². The summed E-state index contributed by atoms with van der Waals surface area (Å²) in [6.07, 6.45) is 2.77. The molecule has 0 aromatic rings. The van der Waals surface area contributed by atoms with Gasteiger partial charge >= 0.3 is 11.9 Å². The average molecular weight is 290 g/mol. The molecule has 0 radical (unpaired) electrons. The van der Waals surface area contributed by atoms with Crippen molar-refractivity contribution in [3.63, 3.8) is 0 Å². The second-order valence-corrected chi connectivity index (χ2v) is 4.74. The lowest BCUT2D eigenvalue weighted by molar-refractivity contribution is -0.142. The van der Waals surface area contributed by atoms with Crippen molar-refractivity contribution in [2.45, 2.75) is 50.2 Å². The molecular formula is C12H26N4O4. The maximum Gasteiger partial charge on any atom is 0.322 e. The quantitative estimate of drug-likeness (QED) is 0.241. The number of nitrogens with two attached hydrogens (primary N) is 3. The fourth-order valence-electron chi connectivity index (χ4n) is 1.91. The summed E-state index contributed by atoms with van der Waals surface area (Å²) in [5.74, 6) is -2.18.